The van der Waals surface area contributed by atoms with Crippen LogP contribution in [0.2, 0.25) is 0 Å². The van der Waals surface area contributed by atoms with Crippen molar-refractivity contribution in [2.75, 3.05) is 32.8 Å². The van der Waals surface area contributed by atoms with E-state index >= 15 is 0 Å². The number of ether oxygens (including phenoxy) is 1. The average molecular weight is 320 g/mol. The molecule has 1 aliphatic heterocycles. The van der Waals surface area contributed by atoms with E-state index in [-0.39, 0.29) is 12.5 Å². The molecule has 0 aromatic heterocycles. The SMILES string of the molecule is CCOc1ccc(C(=O)NC[C@H](O)CN2CCC(C)CC2)cc1. The first-order chi connectivity index (χ1) is 11.1. The number of aliphatic hydroxyl groups is 1. The van der Waals surface area contributed by atoms with Gasteiger partial charge in [0, 0.05) is 18.7 Å². The molecule has 1 aliphatic rings. The molecule has 1 aromatic rings. The summed E-state index contributed by atoms with van der Waals surface area (Å²) in [6, 6.07) is 7.03. The van der Waals surface area contributed by atoms with Crippen molar-refractivity contribution in [2.24, 2.45) is 5.92 Å². The number of carbonyl (C=O) groups excluding carboxylic acids is 1. The maximum atomic E-state index is 12.1. The molecule has 0 bridgehead atoms. The van der Waals surface area contributed by atoms with Crippen molar-refractivity contribution >= 4 is 5.91 Å². The molecule has 1 amide bonds. The maximum Gasteiger partial charge on any atom is 0.251 e. The number of benzene rings is 1. The summed E-state index contributed by atoms with van der Waals surface area (Å²) in [5.74, 6) is 1.37. The lowest BCUT2D eigenvalue weighted by Gasteiger charge is -2.31. The van der Waals surface area contributed by atoms with Gasteiger partial charge in [0.25, 0.3) is 5.91 Å². The molecule has 128 valence electrons. The van der Waals surface area contributed by atoms with Gasteiger partial charge < -0.3 is 20.1 Å². The Kier molecular flexibility index (Phi) is 6.86. The molecule has 2 rings (SSSR count). The number of rotatable bonds is 7. The molecule has 5 heteroatoms. The molecule has 0 unspecified atom stereocenters. The number of likely N-dealkylation sites (tertiary alicyclic amines) is 1. The Morgan fingerprint density at radius 1 is 1.35 bits per heavy atom. The maximum absolute atomic E-state index is 12.1. The van der Waals surface area contributed by atoms with Crippen LogP contribution >= 0.6 is 0 Å². The molecule has 1 atom stereocenters. The van der Waals surface area contributed by atoms with Crippen LogP contribution in [0, 0.1) is 5.92 Å². The van der Waals surface area contributed by atoms with Gasteiger partial charge in [0.2, 0.25) is 0 Å². The normalized spacial score (nSPS) is 17.7. The minimum atomic E-state index is -0.532. The number of hydrogen-bond donors (Lipinski definition) is 2. The van der Waals surface area contributed by atoms with Gasteiger partial charge in [-0.3, -0.25) is 4.79 Å². The second kappa shape index (κ2) is 8.89. The number of β-amino-alcohol motifs (C(OH)–C–C–N with tert-alkyl or cyclic N) is 1. The molecule has 1 heterocycles. The Morgan fingerprint density at radius 3 is 2.61 bits per heavy atom. The minimum absolute atomic E-state index is 0.167. The first-order valence-electron chi connectivity index (χ1n) is 8.50. The molecule has 0 saturated carbocycles. The van der Waals surface area contributed by atoms with Crippen molar-refractivity contribution in [3.63, 3.8) is 0 Å². The van der Waals surface area contributed by atoms with Crippen LogP contribution in [0.25, 0.3) is 0 Å². The molecule has 0 spiro atoms. The standard InChI is InChI=1S/C18H28N2O3/c1-3-23-17-6-4-15(5-7-17)18(22)19-12-16(21)13-20-10-8-14(2)9-11-20/h4-7,14,16,21H,3,8-13H2,1-2H3,(H,19,22)/t16-/m0/s1. The summed E-state index contributed by atoms with van der Waals surface area (Å²) in [4.78, 5) is 14.3. The summed E-state index contributed by atoms with van der Waals surface area (Å²) in [5, 5.41) is 12.9. The zero-order chi connectivity index (χ0) is 16.7. The molecule has 5 nitrogen and oxygen atoms in total. The molecule has 0 aliphatic carbocycles. The molecule has 0 radical (unpaired) electrons. The van der Waals surface area contributed by atoms with Crippen LogP contribution in [0.15, 0.2) is 24.3 Å². The quantitative estimate of drug-likeness (QED) is 0.805. The lowest BCUT2D eigenvalue weighted by Crippen LogP contribution is -2.43. The Hall–Kier alpha value is -1.59. The fraction of sp³-hybridized carbons (Fsp3) is 0.611. The van der Waals surface area contributed by atoms with Crippen molar-refractivity contribution in [3.8, 4) is 5.75 Å². The van der Waals surface area contributed by atoms with Gasteiger partial charge in [0.15, 0.2) is 0 Å². The Labute approximate surface area is 138 Å². The van der Waals surface area contributed by atoms with Gasteiger partial charge in [0.05, 0.1) is 12.7 Å². The molecular formula is C18H28N2O3. The van der Waals surface area contributed by atoms with Crippen LogP contribution in [0.5, 0.6) is 5.75 Å². The second-order valence-electron chi connectivity index (χ2n) is 6.30. The Bertz CT molecular complexity index is 482. The third-order valence-corrected chi connectivity index (χ3v) is 4.27. The third kappa shape index (κ3) is 5.84. The zero-order valence-electron chi connectivity index (χ0n) is 14.1. The zero-order valence-corrected chi connectivity index (χ0v) is 14.1. The fourth-order valence-corrected chi connectivity index (χ4v) is 2.79. The number of carbonyl (C=O) groups is 1. The highest BCUT2D eigenvalue weighted by atomic mass is 16.5. The number of nitrogens with one attached hydrogen (secondary N) is 1. The number of amides is 1. The van der Waals surface area contributed by atoms with Crippen LogP contribution in [0.4, 0.5) is 0 Å². The summed E-state index contributed by atoms with van der Waals surface area (Å²) < 4.78 is 5.35. The Morgan fingerprint density at radius 2 is 2.00 bits per heavy atom. The molecule has 1 aromatic carbocycles. The van der Waals surface area contributed by atoms with Crippen LogP contribution in [-0.2, 0) is 0 Å². The predicted molar refractivity (Wildman–Crippen MR) is 90.8 cm³/mol. The number of aliphatic hydroxyl groups excluding tert-OH is 1. The average Bonchev–Trinajstić information content (AvgIpc) is 2.56. The molecular weight excluding hydrogens is 292 g/mol. The molecule has 23 heavy (non-hydrogen) atoms. The summed E-state index contributed by atoms with van der Waals surface area (Å²) in [5.41, 5.74) is 0.576. The van der Waals surface area contributed by atoms with Crippen LogP contribution in [-0.4, -0.2) is 54.8 Å². The van der Waals surface area contributed by atoms with Gasteiger partial charge in [-0.1, -0.05) is 6.92 Å². The van der Waals surface area contributed by atoms with E-state index in [2.05, 4.69) is 17.1 Å². The van der Waals surface area contributed by atoms with Gasteiger partial charge in [-0.15, -0.1) is 0 Å². The Balaban J connectivity index is 1.72. The largest absolute Gasteiger partial charge is 0.494 e. The van der Waals surface area contributed by atoms with Crippen LogP contribution in [0.1, 0.15) is 37.0 Å². The molecule has 1 saturated heterocycles. The molecule has 2 N–H and O–H groups in total. The van der Waals surface area contributed by atoms with E-state index in [4.69, 9.17) is 4.74 Å². The highest BCUT2D eigenvalue weighted by Gasteiger charge is 2.18. The monoisotopic (exact) mass is 320 g/mol. The smallest absolute Gasteiger partial charge is 0.251 e. The lowest BCUT2D eigenvalue weighted by molar-refractivity contribution is 0.0795. The summed E-state index contributed by atoms with van der Waals surface area (Å²) >= 11 is 0. The van der Waals surface area contributed by atoms with Crippen molar-refractivity contribution in [3.05, 3.63) is 29.8 Å². The van der Waals surface area contributed by atoms with E-state index in [1.54, 1.807) is 24.3 Å². The third-order valence-electron chi connectivity index (χ3n) is 4.27. The number of hydrogen-bond acceptors (Lipinski definition) is 4. The van der Waals surface area contributed by atoms with Crippen LogP contribution < -0.4 is 10.1 Å². The number of piperidine rings is 1. The van der Waals surface area contributed by atoms with E-state index in [0.29, 0.717) is 18.7 Å². The van der Waals surface area contributed by atoms with E-state index in [1.807, 2.05) is 6.92 Å². The van der Waals surface area contributed by atoms with Crippen molar-refractivity contribution in [2.45, 2.75) is 32.8 Å². The van der Waals surface area contributed by atoms with E-state index in [9.17, 15) is 9.90 Å². The highest BCUT2D eigenvalue weighted by molar-refractivity contribution is 5.94. The number of nitrogens with zero attached hydrogens (tertiary/aromatic N) is 1. The minimum Gasteiger partial charge on any atom is -0.494 e. The van der Waals surface area contributed by atoms with Crippen molar-refractivity contribution in [1.82, 2.24) is 10.2 Å². The van der Waals surface area contributed by atoms with E-state index < -0.39 is 6.10 Å². The first kappa shape index (κ1) is 17.8. The van der Waals surface area contributed by atoms with Crippen molar-refractivity contribution < 1.29 is 14.6 Å². The van der Waals surface area contributed by atoms with E-state index in [1.165, 1.54) is 12.8 Å². The van der Waals surface area contributed by atoms with Gasteiger partial charge in [0.1, 0.15) is 5.75 Å². The van der Waals surface area contributed by atoms with Crippen LogP contribution in [0.3, 0.4) is 0 Å². The first-order valence-corrected chi connectivity index (χ1v) is 8.50. The van der Waals surface area contributed by atoms with Gasteiger partial charge in [-0.25, -0.2) is 0 Å². The van der Waals surface area contributed by atoms with Crippen molar-refractivity contribution in [1.29, 1.82) is 0 Å². The second-order valence-corrected chi connectivity index (χ2v) is 6.30. The van der Waals surface area contributed by atoms with Gasteiger partial charge >= 0.3 is 0 Å². The lowest BCUT2D eigenvalue weighted by atomic mass is 9.99. The topological polar surface area (TPSA) is 61.8 Å². The molecule has 1 fully saturated rings. The predicted octanol–water partition coefficient (Wildman–Crippen LogP) is 1.91. The summed E-state index contributed by atoms with van der Waals surface area (Å²) in [6.07, 6.45) is 1.84. The van der Waals surface area contributed by atoms with Gasteiger partial charge in [-0.2, -0.15) is 0 Å². The fourth-order valence-electron chi connectivity index (χ4n) is 2.79. The summed E-state index contributed by atoms with van der Waals surface area (Å²) in [6.45, 7) is 7.76. The van der Waals surface area contributed by atoms with Gasteiger partial charge in [-0.05, 0) is 63.0 Å². The summed E-state index contributed by atoms with van der Waals surface area (Å²) in [7, 11) is 0. The highest BCUT2D eigenvalue weighted by Crippen LogP contribution is 2.16. The van der Waals surface area contributed by atoms with E-state index in [0.717, 1.165) is 24.8 Å².